The molecule has 21 heavy (non-hydrogen) atoms. The van der Waals surface area contributed by atoms with Gasteiger partial charge in [-0.15, -0.1) is 12.4 Å². The highest BCUT2D eigenvalue weighted by Crippen LogP contribution is 2.28. The number of carbonyl (C=O) groups excluding carboxylic acids is 2. The van der Waals surface area contributed by atoms with E-state index in [2.05, 4.69) is 17.6 Å². The molecule has 0 bridgehead atoms. The lowest BCUT2D eigenvalue weighted by Crippen LogP contribution is -2.59. The summed E-state index contributed by atoms with van der Waals surface area (Å²) in [6.45, 7) is 3.29. The summed E-state index contributed by atoms with van der Waals surface area (Å²) >= 11 is 0. The van der Waals surface area contributed by atoms with Crippen LogP contribution in [0.3, 0.4) is 0 Å². The number of rotatable bonds is 8. The molecule has 1 fully saturated rings. The summed E-state index contributed by atoms with van der Waals surface area (Å²) in [5.74, 6) is -0.0604. The van der Waals surface area contributed by atoms with Gasteiger partial charge in [0.2, 0.25) is 11.8 Å². The van der Waals surface area contributed by atoms with Crippen molar-refractivity contribution in [1.82, 2.24) is 10.6 Å². The molecular formula is C15H30ClN3O2. The average Bonchev–Trinajstić information content (AvgIpc) is 2.46. The first kappa shape index (κ1) is 20.2. The normalized spacial score (nSPS) is 16.7. The average molecular weight is 320 g/mol. The lowest BCUT2D eigenvalue weighted by molar-refractivity contribution is -0.135. The minimum absolute atomic E-state index is 0. The molecule has 0 aliphatic heterocycles. The maximum Gasteiger partial charge on any atom is 0.245 e. The van der Waals surface area contributed by atoms with Gasteiger partial charge in [0.25, 0.3) is 0 Å². The summed E-state index contributed by atoms with van der Waals surface area (Å²) in [6.07, 6.45) is 7.73. The van der Waals surface area contributed by atoms with Crippen LogP contribution in [-0.2, 0) is 9.59 Å². The number of hydrogen-bond donors (Lipinski definition) is 3. The molecule has 0 unspecified atom stereocenters. The van der Waals surface area contributed by atoms with Crippen molar-refractivity contribution < 1.29 is 9.59 Å². The Hall–Kier alpha value is -0.810. The summed E-state index contributed by atoms with van der Waals surface area (Å²) in [4.78, 5) is 24.4. The Morgan fingerprint density at radius 1 is 1.14 bits per heavy atom. The fraction of sp³-hybridized carbons (Fsp3) is 0.867. The molecule has 1 rings (SSSR count). The van der Waals surface area contributed by atoms with E-state index in [9.17, 15) is 9.59 Å². The van der Waals surface area contributed by atoms with Crippen LogP contribution in [0.1, 0.15) is 64.7 Å². The van der Waals surface area contributed by atoms with Gasteiger partial charge in [-0.05, 0) is 32.2 Å². The van der Waals surface area contributed by atoms with Crippen molar-refractivity contribution in [2.24, 2.45) is 5.73 Å². The Bertz CT molecular complexity index is 318. The Labute approximate surface area is 134 Å². The Morgan fingerprint density at radius 2 is 1.81 bits per heavy atom. The molecule has 1 aliphatic carbocycles. The molecule has 1 aliphatic rings. The van der Waals surface area contributed by atoms with Gasteiger partial charge in [-0.1, -0.05) is 32.6 Å². The second-order valence-corrected chi connectivity index (χ2v) is 5.69. The number of amides is 2. The molecule has 5 nitrogen and oxygen atoms in total. The first-order valence-corrected chi connectivity index (χ1v) is 7.94. The quantitative estimate of drug-likeness (QED) is 0.597. The van der Waals surface area contributed by atoms with Gasteiger partial charge in [0.05, 0.1) is 0 Å². The van der Waals surface area contributed by atoms with Gasteiger partial charge < -0.3 is 16.4 Å². The second kappa shape index (κ2) is 10.9. The van der Waals surface area contributed by atoms with E-state index in [1.807, 2.05) is 0 Å². The summed E-state index contributed by atoms with van der Waals surface area (Å²) in [7, 11) is 0. The van der Waals surface area contributed by atoms with Gasteiger partial charge in [-0.3, -0.25) is 9.59 Å². The second-order valence-electron chi connectivity index (χ2n) is 5.69. The van der Waals surface area contributed by atoms with E-state index in [-0.39, 0.29) is 24.2 Å². The van der Waals surface area contributed by atoms with Gasteiger partial charge in [0, 0.05) is 13.0 Å². The lowest BCUT2D eigenvalue weighted by Gasteiger charge is -2.36. The fourth-order valence-corrected chi connectivity index (χ4v) is 2.70. The van der Waals surface area contributed by atoms with E-state index >= 15 is 0 Å². The molecule has 0 aromatic rings. The zero-order chi connectivity index (χ0) is 14.8. The molecule has 0 atom stereocenters. The lowest BCUT2D eigenvalue weighted by atomic mass is 9.80. The van der Waals surface area contributed by atoms with Gasteiger partial charge in [0.15, 0.2) is 0 Å². The van der Waals surface area contributed by atoms with E-state index in [1.54, 1.807) is 0 Å². The molecule has 0 aromatic heterocycles. The van der Waals surface area contributed by atoms with E-state index in [4.69, 9.17) is 5.73 Å². The molecule has 124 valence electrons. The first-order chi connectivity index (χ1) is 9.64. The molecule has 1 saturated carbocycles. The predicted molar refractivity (Wildman–Crippen MR) is 87.4 cm³/mol. The van der Waals surface area contributed by atoms with Gasteiger partial charge in [0.1, 0.15) is 5.54 Å². The number of halogens is 1. The van der Waals surface area contributed by atoms with Gasteiger partial charge in [-0.2, -0.15) is 0 Å². The number of hydrogen-bond acceptors (Lipinski definition) is 3. The fourth-order valence-electron chi connectivity index (χ4n) is 2.70. The maximum atomic E-state index is 12.5. The third-order valence-corrected chi connectivity index (χ3v) is 3.94. The molecule has 6 heteroatoms. The Morgan fingerprint density at radius 3 is 2.38 bits per heavy atom. The monoisotopic (exact) mass is 319 g/mol. The molecular weight excluding hydrogens is 290 g/mol. The third-order valence-electron chi connectivity index (χ3n) is 3.94. The maximum absolute atomic E-state index is 12.5. The van der Waals surface area contributed by atoms with Crippen LogP contribution < -0.4 is 16.4 Å². The van der Waals surface area contributed by atoms with Crippen LogP contribution in [0.5, 0.6) is 0 Å². The van der Waals surface area contributed by atoms with Crippen molar-refractivity contribution in [3.63, 3.8) is 0 Å². The van der Waals surface area contributed by atoms with Crippen LogP contribution in [0.2, 0.25) is 0 Å². The van der Waals surface area contributed by atoms with E-state index in [0.29, 0.717) is 25.9 Å². The van der Waals surface area contributed by atoms with Crippen molar-refractivity contribution in [2.45, 2.75) is 70.3 Å². The third kappa shape index (κ3) is 6.66. The minimum atomic E-state index is -0.683. The molecule has 0 spiro atoms. The first-order valence-electron chi connectivity index (χ1n) is 7.94. The standard InChI is InChI=1S/C15H29N3O2.ClH/c1-2-3-12-17-14(20)15(9-5-4-6-10-15)18-13(19)8-7-11-16;/h2-12,16H2,1H3,(H,17,20)(H,18,19);1H. The van der Waals surface area contributed by atoms with Crippen LogP contribution in [0.15, 0.2) is 0 Å². The van der Waals surface area contributed by atoms with Crippen LogP contribution in [0, 0.1) is 0 Å². The molecule has 0 aromatic carbocycles. The largest absolute Gasteiger partial charge is 0.354 e. The molecule has 4 N–H and O–H groups in total. The molecule has 0 radical (unpaired) electrons. The molecule has 0 heterocycles. The van der Waals surface area contributed by atoms with Gasteiger partial charge >= 0.3 is 0 Å². The van der Waals surface area contributed by atoms with Crippen molar-refractivity contribution in [3.8, 4) is 0 Å². The van der Waals surface area contributed by atoms with Crippen molar-refractivity contribution in [2.75, 3.05) is 13.1 Å². The summed E-state index contributed by atoms with van der Waals surface area (Å²) in [6, 6.07) is 0. The minimum Gasteiger partial charge on any atom is -0.354 e. The summed E-state index contributed by atoms with van der Waals surface area (Å²) < 4.78 is 0. The smallest absolute Gasteiger partial charge is 0.245 e. The zero-order valence-corrected chi connectivity index (χ0v) is 13.9. The highest BCUT2D eigenvalue weighted by atomic mass is 35.5. The Kier molecular flexibility index (Phi) is 10.4. The summed E-state index contributed by atoms with van der Waals surface area (Å²) in [5, 5.41) is 5.96. The van der Waals surface area contributed by atoms with Crippen LogP contribution >= 0.6 is 12.4 Å². The zero-order valence-electron chi connectivity index (χ0n) is 13.1. The number of nitrogens with one attached hydrogen (secondary N) is 2. The number of unbranched alkanes of at least 4 members (excludes halogenated alkanes) is 1. The van der Waals surface area contributed by atoms with Gasteiger partial charge in [-0.25, -0.2) is 0 Å². The molecule has 2 amide bonds. The van der Waals surface area contributed by atoms with E-state index < -0.39 is 5.54 Å². The van der Waals surface area contributed by atoms with E-state index in [0.717, 1.165) is 44.9 Å². The number of carbonyl (C=O) groups is 2. The van der Waals surface area contributed by atoms with Crippen molar-refractivity contribution in [1.29, 1.82) is 0 Å². The molecule has 0 saturated heterocycles. The van der Waals surface area contributed by atoms with Crippen LogP contribution in [-0.4, -0.2) is 30.4 Å². The highest BCUT2D eigenvalue weighted by molar-refractivity contribution is 5.91. The van der Waals surface area contributed by atoms with Crippen LogP contribution in [0.4, 0.5) is 0 Å². The Balaban J connectivity index is 0.00000400. The SMILES string of the molecule is CCCCNC(=O)C1(NC(=O)CCCN)CCCCC1.Cl. The number of nitrogens with two attached hydrogens (primary N) is 1. The van der Waals surface area contributed by atoms with Crippen molar-refractivity contribution in [3.05, 3.63) is 0 Å². The van der Waals surface area contributed by atoms with E-state index in [1.165, 1.54) is 0 Å². The van der Waals surface area contributed by atoms with Crippen LogP contribution in [0.25, 0.3) is 0 Å². The topological polar surface area (TPSA) is 84.2 Å². The summed E-state index contributed by atoms with van der Waals surface area (Å²) in [5.41, 5.74) is 4.74. The predicted octanol–water partition coefficient (Wildman–Crippen LogP) is 1.88. The van der Waals surface area contributed by atoms with Crippen molar-refractivity contribution >= 4 is 24.2 Å². The highest BCUT2D eigenvalue weighted by Gasteiger charge is 2.40.